The number of pyridine rings is 1. The Morgan fingerprint density at radius 3 is 2.89 bits per heavy atom. The fraction of sp³-hybridized carbons (Fsp3) is 0.357. The summed E-state index contributed by atoms with van der Waals surface area (Å²) in [7, 11) is 0. The van der Waals surface area contributed by atoms with E-state index in [0.29, 0.717) is 0 Å². The Morgan fingerprint density at radius 1 is 1.32 bits per heavy atom. The first-order chi connectivity index (χ1) is 9.22. The molecule has 1 saturated carbocycles. The molecule has 5 heteroatoms. The molecule has 0 atom stereocenters. The van der Waals surface area contributed by atoms with Crippen molar-refractivity contribution in [3.05, 3.63) is 40.4 Å². The zero-order chi connectivity index (χ0) is 13.2. The van der Waals surface area contributed by atoms with Crippen LogP contribution in [0.25, 0.3) is 10.9 Å². The highest BCUT2D eigenvalue weighted by molar-refractivity contribution is 5.82. The number of hydrogen-bond donors (Lipinski definition) is 1. The van der Waals surface area contributed by atoms with Crippen LogP contribution in [0.1, 0.15) is 19.3 Å². The highest BCUT2D eigenvalue weighted by Crippen LogP contribution is 2.32. The molecule has 0 saturated heterocycles. The number of non-ortho nitro benzene ring substituents is 1. The van der Waals surface area contributed by atoms with Gasteiger partial charge < -0.3 is 5.32 Å². The number of hydrogen-bond acceptors (Lipinski definition) is 4. The van der Waals surface area contributed by atoms with Crippen LogP contribution >= 0.6 is 0 Å². The molecule has 0 unspecified atom stereocenters. The smallest absolute Gasteiger partial charge is 0.270 e. The SMILES string of the molecule is O=[N+]([O-])c1ccc2nc(NCCC3CC3)ccc2c1. The molecule has 0 aliphatic heterocycles. The molecule has 0 bridgehead atoms. The Bertz CT molecular complexity index is 623. The van der Waals surface area contributed by atoms with E-state index in [4.69, 9.17) is 0 Å². The fourth-order valence-electron chi connectivity index (χ4n) is 2.14. The number of nitro benzene ring substituents is 1. The van der Waals surface area contributed by atoms with Crippen molar-refractivity contribution < 1.29 is 4.92 Å². The summed E-state index contributed by atoms with van der Waals surface area (Å²) in [5, 5.41) is 14.8. The van der Waals surface area contributed by atoms with E-state index in [9.17, 15) is 10.1 Å². The number of fused-ring (bicyclic) bond motifs is 1. The van der Waals surface area contributed by atoms with Gasteiger partial charge >= 0.3 is 0 Å². The van der Waals surface area contributed by atoms with Crippen LogP contribution in [0.2, 0.25) is 0 Å². The predicted molar refractivity (Wildman–Crippen MR) is 74.2 cm³/mol. The van der Waals surface area contributed by atoms with Gasteiger partial charge in [-0.2, -0.15) is 0 Å². The molecule has 1 aromatic carbocycles. The van der Waals surface area contributed by atoms with Crippen LogP contribution in [0.4, 0.5) is 11.5 Å². The Hall–Kier alpha value is -2.17. The van der Waals surface area contributed by atoms with Gasteiger partial charge in [0, 0.05) is 24.1 Å². The highest BCUT2D eigenvalue weighted by atomic mass is 16.6. The molecule has 1 aromatic heterocycles. The number of rotatable bonds is 5. The molecule has 0 amide bonds. The largest absolute Gasteiger partial charge is 0.370 e. The second-order valence-corrected chi connectivity index (χ2v) is 4.99. The van der Waals surface area contributed by atoms with Crippen molar-refractivity contribution in [3.63, 3.8) is 0 Å². The third kappa shape index (κ3) is 2.81. The van der Waals surface area contributed by atoms with Crippen molar-refractivity contribution >= 4 is 22.4 Å². The normalized spacial score (nSPS) is 14.5. The number of nitro groups is 1. The van der Waals surface area contributed by atoms with Crippen LogP contribution < -0.4 is 5.32 Å². The lowest BCUT2D eigenvalue weighted by Gasteiger charge is -2.06. The van der Waals surface area contributed by atoms with Gasteiger partial charge in [-0.25, -0.2) is 4.98 Å². The van der Waals surface area contributed by atoms with Crippen molar-refractivity contribution in [1.29, 1.82) is 0 Å². The molecular weight excluding hydrogens is 242 g/mol. The molecule has 0 radical (unpaired) electrons. The molecule has 1 heterocycles. The van der Waals surface area contributed by atoms with Crippen molar-refractivity contribution in [3.8, 4) is 0 Å². The standard InChI is InChI=1S/C14H15N3O2/c18-17(19)12-4-5-13-11(9-12)3-6-14(16-13)15-8-7-10-1-2-10/h3-6,9-10H,1-2,7-8H2,(H,15,16). The summed E-state index contributed by atoms with van der Waals surface area (Å²) in [6.07, 6.45) is 3.91. The van der Waals surface area contributed by atoms with Crippen molar-refractivity contribution in [1.82, 2.24) is 4.98 Å². The maximum Gasteiger partial charge on any atom is 0.270 e. The summed E-state index contributed by atoms with van der Waals surface area (Å²) >= 11 is 0. The van der Waals surface area contributed by atoms with Crippen molar-refractivity contribution in [2.24, 2.45) is 5.92 Å². The van der Waals surface area contributed by atoms with E-state index in [0.717, 1.165) is 29.2 Å². The molecule has 1 N–H and O–H groups in total. The molecule has 5 nitrogen and oxygen atoms in total. The van der Waals surface area contributed by atoms with Crippen LogP contribution in [-0.2, 0) is 0 Å². The monoisotopic (exact) mass is 257 g/mol. The van der Waals surface area contributed by atoms with E-state index in [1.807, 2.05) is 12.1 Å². The Kier molecular flexibility index (Phi) is 3.03. The van der Waals surface area contributed by atoms with Gasteiger partial charge in [-0.15, -0.1) is 0 Å². The van der Waals surface area contributed by atoms with Crippen LogP contribution in [0, 0.1) is 16.0 Å². The van der Waals surface area contributed by atoms with E-state index in [2.05, 4.69) is 10.3 Å². The minimum atomic E-state index is -0.388. The van der Waals surface area contributed by atoms with Crippen molar-refractivity contribution in [2.45, 2.75) is 19.3 Å². The maximum atomic E-state index is 10.7. The molecule has 3 rings (SSSR count). The number of nitrogens with one attached hydrogen (secondary N) is 1. The molecule has 98 valence electrons. The van der Waals surface area contributed by atoms with E-state index in [1.165, 1.54) is 25.3 Å². The van der Waals surface area contributed by atoms with E-state index in [-0.39, 0.29) is 10.6 Å². The van der Waals surface area contributed by atoms with Crippen LogP contribution in [0.3, 0.4) is 0 Å². The Labute approximate surface area is 110 Å². The summed E-state index contributed by atoms with van der Waals surface area (Å²) in [5.41, 5.74) is 0.880. The zero-order valence-corrected chi connectivity index (χ0v) is 10.5. The average Bonchev–Trinajstić information content (AvgIpc) is 3.22. The third-order valence-electron chi connectivity index (χ3n) is 3.44. The molecule has 2 aromatic rings. The number of benzene rings is 1. The molecular formula is C14H15N3O2. The second kappa shape index (κ2) is 4.84. The number of anilines is 1. The van der Waals surface area contributed by atoms with Gasteiger partial charge in [-0.1, -0.05) is 12.8 Å². The minimum Gasteiger partial charge on any atom is -0.370 e. The van der Waals surface area contributed by atoms with Gasteiger partial charge in [0.25, 0.3) is 5.69 Å². The first kappa shape index (κ1) is 11.9. The number of aromatic nitrogens is 1. The summed E-state index contributed by atoms with van der Waals surface area (Å²) < 4.78 is 0. The molecule has 1 aliphatic rings. The van der Waals surface area contributed by atoms with Gasteiger partial charge in [-0.05, 0) is 30.5 Å². The maximum absolute atomic E-state index is 10.7. The lowest BCUT2D eigenvalue weighted by molar-refractivity contribution is -0.384. The fourth-order valence-corrected chi connectivity index (χ4v) is 2.14. The van der Waals surface area contributed by atoms with Gasteiger partial charge in [0.05, 0.1) is 10.4 Å². The first-order valence-electron chi connectivity index (χ1n) is 6.51. The van der Waals surface area contributed by atoms with Crippen LogP contribution in [0.15, 0.2) is 30.3 Å². The zero-order valence-electron chi connectivity index (χ0n) is 10.5. The summed E-state index contributed by atoms with van der Waals surface area (Å²) in [4.78, 5) is 14.8. The first-order valence-corrected chi connectivity index (χ1v) is 6.51. The van der Waals surface area contributed by atoms with Crippen LogP contribution in [0.5, 0.6) is 0 Å². The third-order valence-corrected chi connectivity index (χ3v) is 3.44. The van der Waals surface area contributed by atoms with Gasteiger partial charge in [0.1, 0.15) is 5.82 Å². The molecule has 19 heavy (non-hydrogen) atoms. The highest BCUT2D eigenvalue weighted by Gasteiger charge is 2.20. The quantitative estimate of drug-likeness (QED) is 0.658. The van der Waals surface area contributed by atoms with Gasteiger partial charge in [-0.3, -0.25) is 10.1 Å². The lowest BCUT2D eigenvalue weighted by Crippen LogP contribution is -2.03. The van der Waals surface area contributed by atoms with Gasteiger partial charge in [0.15, 0.2) is 0 Å². The second-order valence-electron chi connectivity index (χ2n) is 4.99. The lowest BCUT2D eigenvalue weighted by atomic mass is 10.2. The Balaban J connectivity index is 1.76. The van der Waals surface area contributed by atoms with Crippen LogP contribution in [-0.4, -0.2) is 16.5 Å². The van der Waals surface area contributed by atoms with Gasteiger partial charge in [0.2, 0.25) is 0 Å². The number of nitrogens with zero attached hydrogens (tertiary/aromatic N) is 2. The molecule has 1 fully saturated rings. The topological polar surface area (TPSA) is 68.1 Å². The van der Waals surface area contributed by atoms with E-state index < -0.39 is 0 Å². The van der Waals surface area contributed by atoms with Crippen molar-refractivity contribution in [2.75, 3.05) is 11.9 Å². The predicted octanol–water partition coefficient (Wildman–Crippen LogP) is 3.36. The molecule has 1 aliphatic carbocycles. The summed E-state index contributed by atoms with van der Waals surface area (Å²) in [6.45, 7) is 0.941. The summed E-state index contributed by atoms with van der Waals surface area (Å²) in [5.74, 6) is 1.73. The molecule has 0 spiro atoms. The van der Waals surface area contributed by atoms with E-state index >= 15 is 0 Å². The summed E-state index contributed by atoms with van der Waals surface area (Å²) in [6, 6.07) is 8.48. The van der Waals surface area contributed by atoms with E-state index in [1.54, 1.807) is 12.1 Å². The average molecular weight is 257 g/mol. The Morgan fingerprint density at radius 2 is 2.16 bits per heavy atom. The minimum absolute atomic E-state index is 0.101.